The Morgan fingerprint density at radius 1 is 1.17 bits per heavy atom. The molecule has 1 saturated heterocycles. The maximum absolute atomic E-state index is 11.6. The molecule has 0 aromatic rings. The van der Waals surface area contributed by atoms with E-state index in [0.29, 0.717) is 19.3 Å². The molecule has 0 amide bonds. The van der Waals surface area contributed by atoms with Gasteiger partial charge in [0.25, 0.3) is 0 Å². The van der Waals surface area contributed by atoms with E-state index in [1.807, 2.05) is 23.5 Å². The van der Waals surface area contributed by atoms with Gasteiger partial charge >= 0.3 is 180 Å². The average Bonchev–Trinajstić information content (AvgIpc) is 2.75. The zero-order valence-corrected chi connectivity index (χ0v) is 29.3. The standard InChI is InChI=1S/C24H45O4S2Si.3CH3.Sn/c1-7-22(17-25)23(26)24(29-13-9-14-30-24)16-20(2)10-8-11-21(3)18-28-19-27-12-15-31(4,5)6;;;;/h11,20,22-23,25-26H,1,8-10,12-19H2,2-6H3;3*1H3;/b21-11+;;;;/t20-,22+,23+;;;;/m0..../s1. The van der Waals surface area contributed by atoms with E-state index in [-0.39, 0.29) is 16.6 Å². The van der Waals surface area contributed by atoms with Crippen LogP contribution in [0.5, 0.6) is 0 Å². The van der Waals surface area contributed by atoms with Crippen molar-refractivity contribution in [2.24, 2.45) is 11.8 Å². The van der Waals surface area contributed by atoms with Crippen LogP contribution in [0.4, 0.5) is 0 Å². The summed E-state index contributed by atoms with van der Waals surface area (Å²) >= 11 is 1.39. The fourth-order valence-corrected chi connectivity index (χ4v) is 12.6. The molecule has 1 aliphatic rings. The van der Waals surface area contributed by atoms with Crippen molar-refractivity contribution in [2.45, 2.75) is 90.2 Å². The number of hydrogen-bond acceptors (Lipinski definition) is 6. The zero-order valence-electron chi connectivity index (χ0n) is 23.8. The second kappa shape index (κ2) is 16.2. The van der Waals surface area contributed by atoms with Gasteiger partial charge in [0.05, 0.1) is 0 Å². The minimum absolute atomic E-state index is 0.00473. The molecule has 0 bridgehead atoms. The van der Waals surface area contributed by atoms with Gasteiger partial charge in [0, 0.05) is 14.7 Å². The molecule has 206 valence electrons. The Kier molecular flexibility index (Phi) is 15.8. The van der Waals surface area contributed by atoms with Gasteiger partial charge in [-0.3, -0.25) is 0 Å². The Morgan fingerprint density at radius 3 is 2.34 bits per heavy atom. The summed E-state index contributed by atoms with van der Waals surface area (Å²) in [5, 5.41) is 21.9. The first kappa shape index (κ1) is 34.1. The number of hydrogen-bond donors (Lipinski definition) is 2. The van der Waals surface area contributed by atoms with Crippen LogP contribution in [0.3, 0.4) is 0 Å². The van der Waals surface area contributed by atoms with Gasteiger partial charge in [0.1, 0.15) is 6.79 Å². The average molecular weight is 654 g/mol. The number of rotatable bonds is 17. The van der Waals surface area contributed by atoms with Crippen LogP contribution in [0, 0.1) is 11.8 Å². The Balaban J connectivity index is 2.59. The van der Waals surface area contributed by atoms with Crippen molar-refractivity contribution in [1.29, 1.82) is 0 Å². The predicted molar refractivity (Wildman–Crippen MR) is 163 cm³/mol. The van der Waals surface area contributed by atoms with E-state index < -0.39 is 32.6 Å². The Bertz CT molecular complexity index is 655. The van der Waals surface area contributed by atoms with E-state index in [0.717, 1.165) is 41.0 Å². The van der Waals surface area contributed by atoms with Crippen LogP contribution < -0.4 is 0 Å². The number of aliphatic hydroxyl groups excluding tert-OH is 2. The molecule has 1 fully saturated rings. The molecule has 0 aromatic carbocycles. The van der Waals surface area contributed by atoms with E-state index in [1.165, 1.54) is 18.0 Å². The number of aliphatic hydroxyl groups is 2. The zero-order chi connectivity index (χ0) is 26.7. The van der Waals surface area contributed by atoms with Gasteiger partial charge in [-0.15, -0.1) is 0 Å². The summed E-state index contributed by atoms with van der Waals surface area (Å²) in [5.41, 5.74) is 1.25. The summed E-state index contributed by atoms with van der Waals surface area (Å²) in [7, 11) is -1.04. The van der Waals surface area contributed by atoms with Crippen LogP contribution in [-0.2, 0) is 9.47 Å². The maximum atomic E-state index is 11.6. The van der Waals surface area contributed by atoms with Crippen LogP contribution in [0.15, 0.2) is 21.8 Å². The molecular formula is C27H54O4S2SiSn. The van der Waals surface area contributed by atoms with Crippen LogP contribution in [0.1, 0.15) is 39.5 Å². The number of ether oxygens (including phenoxy) is 2. The molecule has 0 saturated carbocycles. The van der Waals surface area contributed by atoms with Crippen molar-refractivity contribution >= 4 is 50.0 Å². The molecule has 0 unspecified atom stereocenters. The van der Waals surface area contributed by atoms with Crippen LogP contribution >= 0.6 is 23.5 Å². The molecule has 0 radical (unpaired) electrons. The fraction of sp³-hybridized carbons (Fsp3) is 0.852. The molecule has 0 aromatic heterocycles. The molecule has 1 rings (SSSR count). The van der Waals surface area contributed by atoms with Gasteiger partial charge in [0.2, 0.25) is 0 Å². The van der Waals surface area contributed by atoms with E-state index in [1.54, 1.807) is 0 Å². The van der Waals surface area contributed by atoms with Gasteiger partial charge in [-0.25, -0.2) is 0 Å². The molecule has 1 aliphatic heterocycles. The molecular weight excluding hydrogens is 599 g/mol. The van der Waals surface area contributed by atoms with Crippen molar-refractivity contribution in [3.8, 4) is 0 Å². The van der Waals surface area contributed by atoms with Crippen molar-refractivity contribution in [3.63, 3.8) is 0 Å². The fourth-order valence-electron chi connectivity index (χ4n) is 4.22. The summed E-state index contributed by atoms with van der Waals surface area (Å²) in [4.78, 5) is 6.96. The van der Waals surface area contributed by atoms with E-state index in [2.05, 4.69) is 61.0 Å². The van der Waals surface area contributed by atoms with E-state index in [9.17, 15) is 10.2 Å². The molecule has 0 spiro atoms. The number of allylic oxidation sites excluding steroid dienone is 1. The molecule has 0 aliphatic carbocycles. The Hall–Kier alpha value is 1.04. The summed E-state index contributed by atoms with van der Waals surface area (Å²) in [6.07, 6.45) is 5.98. The topological polar surface area (TPSA) is 58.9 Å². The minimum atomic E-state index is -2.44. The van der Waals surface area contributed by atoms with Gasteiger partial charge in [-0.05, 0) is 6.04 Å². The first-order chi connectivity index (χ1) is 16.2. The molecule has 2 N–H and O–H groups in total. The molecule has 3 atom stereocenters. The normalized spacial score (nSPS) is 19.9. The number of thioether (sulfide) groups is 2. The Labute approximate surface area is 230 Å². The molecule has 1 heterocycles. The summed E-state index contributed by atoms with van der Waals surface area (Å²) < 4.78 is 12.2. The molecule has 8 heteroatoms. The predicted octanol–water partition coefficient (Wildman–Crippen LogP) is 7.04. The Morgan fingerprint density at radius 2 is 1.80 bits per heavy atom. The van der Waals surface area contributed by atoms with Crippen molar-refractivity contribution in [3.05, 3.63) is 21.8 Å². The third-order valence-corrected chi connectivity index (χ3v) is 18.4. The van der Waals surface area contributed by atoms with Gasteiger partial charge in [-0.2, -0.15) is 0 Å². The van der Waals surface area contributed by atoms with Gasteiger partial charge in [-0.1, -0.05) is 19.6 Å². The third-order valence-electron chi connectivity index (χ3n) is 6.70. The first-order valence-corrected chi connectivity index (χ1v) is 29.0. The quantitative estimate of drug-likeness (QED) is 0.0761. The molecule has 35 heavy (non-hydrogen) atoms. The van der Waals surface area contributed by atoms with Crippen molar-refractivity contribution in [2.75, 3.05) is 38.1 Å². The molecule has 4 nitrogen and oxygen atoms in total. The van der Waals surface area contributed by atoms with Gasteiger partial charge < -0.3 is 4.74 Å². The van der Waals surface area contributed by atoms with E-state index in [4.69, 9.17) is 9.47 Å². The summed E-state index contributed by atoms with van der Waals surface area (Å²) in [6, 6.07) is 1.17. The summed E-state index contributed by atoms with van der Waals surface area (Å²) in [5.74, 6) is 2.44. The summed E-state index contributed by atoms with van der Waals surface area (Å²) in [6.45, 7) is 17.7. The first-order valence-electron chi connectivity index (χ1n) is 13.3. The van der Waals surface area contributed by atoms with Crippen LogP contribution in [0.2, 0.25) is 40.5 Å². The second-order valence-corrected chi connectivity index (χ2v) is 35.9. The third kappa shape index (κ3) is 13.1. The SMILES string of the molecule is C=[C]([C@H](CO)[C@@H](O)C1(C[C@@H](C)CC/C=C(\C)COCOCC[Si](C)(C)C)SCCCS1)[Sn]([CH3])([CH3])[CH3]. The van der Waals surface area contributed by atoms with Crippen LogP contribution in [-0.4, -0.2) is 85.0 Å². The van der Waals surface area contributed by atoms with Gasteiger partial charge in [0.15, 0.2) is 0 Å². The monoisotopic (exact) mass is 654 g/mol. The second-order valence-electron chi connectivity index (χ2n) is 12.5. The van der Waals surface area contributed by atoms with Crippen LogP contribution in [0.25, 0.3) is 0 Å². The van der Waals surface area contributed by atoms with Crippen molar-refractivity contribution < 1.29 is 19.7 Å². The van der Waals surface area contributed by atoms with E-state index >= 15 is 0 Å². The van der Waals surface area contributed by atoms with Crippen molar-refractivity contribution in [1.82, 2.24) is 0 Å².